The Morgan fingerprint density at radius 3 is 2.50 bits per heavy atom. The third-order valence-electron chi connectivity index (χ3n) is 11.1. The van der Waals surface area contributed by atoms with Crippen LogP contribution in [0.5, 0.6) is 11.5 Å². The number of carboxylic acids is 1. The number of halogens is 2. The van der Waals surface area contributed by atoms with Crippen LogP contribution in [-0.4, -0.2) is 112 Å². The fourth-order valence-electron chi connectivity index (χ4n) is 8.19. The zero-order valence-electron chi connectivity index (χ0n) is 30.8. The maximum absolute atomic E-state index is 14.1. The van der Waals surface area contributed by atoms with Crippen molar-refractivity contribution in [2.24, 2.45) is 17.0 Å². The van der Waals surface area contributed by atoms with E-state index in [2.05, 4.69) is 37.8 Å². The van der Waals surface area contributed by atoms with Crippen molar-refractivity contribution in [3.8, 4) is 11.5 Å². The quantitative estimate of drug-likeness (QED) is 0.0351. The van der Waals surface area contributed by atoms with Gasteiger partial charge in [0.2, 0.25) is 5.91 Å². The monoisotopic (exact) mass is 839 g/mol. The number of β-lactam (4-membered cyclic amide) rings is 1. The molecular formula is C34H36ClFN9NaO8S2. The van der Waals surface area contributed by atoms with Crippen LogP contribution in [0.2, 0.25) is 4.34 Å². The van der Waals surface area contributed by atoms with Crippen LogP contribution in [0.1, 0.15) is 74.2 Å². The predicted octanol–water partition coefficient (Wildman–Crippen LogP) is -1.11. The Bertz CT molecular complexity index is 2110. The number of quaternary nitrogens is 1. The minimum atomic E-state index is -1.90. The van der Waals surface area contributed by atoms with Gasteiger partial charge >= 0.3 is 29.6 Å². The standard InChI is InChI=1S/C34H37ClFN9O8S2.Na/c1-34(2,32(51)52)53-41-24(25-28(35)55-33(37)38-25)22(47)11-19-30(50)44-26(29-39-42-43-40-29)16(13-54-31(19)44)12-45(3)17-4-5-18(45)7-14(6-17)8-21(46)15-9-20(36)27(49)23(48)10-15;/h9-10,14,17-19,31H,4-8,11-13H2,1-3H3,(H5-,37,38,39,40,41,42,43,46,47,48,49,51,52);/q;+1/p-1/t14?,17-,18+,19-,31-,45?;/m1./s1. The molecule has 2 aromatic heterocycles. The van der Waals surface area contributed by atoms with Gasteiger partial charge in [-0.2, -0.15) is 5.21 Å². The first-order valence-electron chi connectivity index (χ1n) is 17.4. The number of aromatic hydroxyl groups is 2. The van der Waals surface area contributed by atoms with Gasteiger partial charge in [-0.1, -0.05) is 28.1 Å². The SMILES string of the molecule is CC(C)(O/N=C(\C(=O)C[C@@H]1C(=O)N2C(c3nnn[n-]3)=C(C[N+]3(C)[C@@H]4CC[C@H]3CC(CC(=O)c3cc(O)c(O)c(F)c3)C4)CS[C@H]12)c1nc(N)sc1Cl)C(=O)[O-].[Na+]. The van der Waals surface area contributed by atoms with Gasteiger partial charge in [0, 0.05) is 55.4 Å². The van der Waals surface area contributed by atoms with Gasteiger partial charge in [-0.15, -0.1) is 11.8 Å². The van der Waals surface area contributed by atoms with E-state index >= 15 is 0 Å². The molecule has 4 aliphatic heterocycles. The number of nitrogens with zero attached hydrogens (tertiary/aromatic N) is 8. The van der Waals surface area contributed by atoms with Gasteiger partial charge in [-0.25, -0.2) is 9.37 Å². The number of likely N-dealkylation sites (N-methyl/N-ethyl adjacent to an activating group) is 1. The number of hydrogen-bond donors (Lipinski definition) is 3. The van der Waals surface area contributed by atoms with Gasteiger partial charge in [0.05, 0.1) is 47.9 Å². The van der Waals surface area contributed by atoms with Crippen LogP contribution >= 0.6 is 34.7 Å². The minimum absolute atomic E-state index is 0. The van der Waals surface area contributed by atoms with Crippen molar-refractivity contribution >= 4 is 74.7 Å². The molecule has 7 rings (SSSR count). The number of amides is 1. The average molecular weight is 840 g/mol. The number of anilines is 1. The molecule has 2 unspecified atom stereocenters. The number of ketones is 2. The van der Waals surface area contributed by atoms with E-state index in [4.69, 9.17) is 22.2 Å². The number of carbonyl (C=O) groups is 4. The number of piperidine rings is 1. The van der Waals surface area contributed by atoms with Crippen LogP contribution in [0.25, 0.3) is 5.70 Å². The number of fused-ring (bicyclic) bond motifs is 3. The van der Waals surface area contributed by atoms with E-state index < -0.39 is 46.0 Å². The van der Waals surface area contributed by atoms with Gasteiger partial charge < -0.3 is 40.3 Å². The third-order valence-corrected chi connectivity index (χ3v) is 13.6. The Kier molecular flexibility index (Phi) is 11.9. The Labute approximate surface area is 354 Å². The number of phenols is 2. The second-order valence-corrected chi connectivity index (χ2v) is 17.7. The van der Waals surface area contributed by atoms with Crippen molar-refractivity contribution in [2.75, 3.05) is 25.1 Å². The molecule has 1 aromatic carbocycles. The van der Waals surface area contributed by atoms with Crippen molar-refractivity contribution in [3.05, 3.63) is 44.9 Å². The molecule has 17 nitrogen and oxygen atoms in total. The molecule has 2 bridgehead atoms. The van der Waals surface area contributed by atoms with Crippen LogP contribution in [-0.2, 0) is 19.2 Å². The number of hydrogen-bond acceptors (Lipinski definition) is 16. The topological polar surface area (TPSA) is 248 Å². The van der Waals surface area contributed by atoms with E-state index in [-0.39, 0.29) is 104 Å². The summed E-state index contributed by atoms with van der Waals surface area (Å²) >= 11 is 8.68. The molecule has 22 heteroatoms. The number of tetrazole rings is 1. The Hall–Kier alpha value is -3.66. The second kappa shape index (κ2) is 15.9. The number of rotatable bonds is 13. The molecule has 3 fully saturated rings. The van der Waals surface area contributed by atoms with E-state index in [0.29, 0.717) is 22.5 Å². The number of nitrogen functional groups attached to an aromatic ring is 1. The summed E-state index contributed by atoms with van der Waals surface area (Å²) in [5.41, 5.74) is 4.86. The van der Waals surface area contributed by atoms with Gasteiger partial charge in [-0.3, -0.25) is 29.6 Å². The second-order valence-electron chi connectivity index (χ2n) is 15.0. The first kappa shape index (κ1) is 42.0. The van der Waals surface area contributed by atoms with Gasteiger partial charge in [0.15, 0.2) is 45.3 Å². The van der Waals surface area contributed by atoms with E-state index in [0.717, 1.165) is 54.7 Å². The molecule has 0 spiro atoms. The zero-order chi connectivity index (χ0) is 39.6. The maximum atomic E-state index is 14.1. The molecule has 4 aliphatic rings. The molecule has 4 N–H and O–H groups in total. The van der Waals surface area contributed by atoms with E-state index in [1.165, 1.54) is 25.6 Å². The van der Waals surface area contributed by atoms with Crippen molar-refractivity contribution in [1.82, 2.24) is 30.5 Å². The van der Waals surface area contributed by atoms with Crippen LogP contribution in [0.3, 0.4) is 0 Å². The summed E-state index contributed by atoms with van der Waals surface area (Å²) in [5, 5.41) is 49.9. The number of benzene rings is 1. The number of carbonyl (C=O) groups excluding carboxylic acids is 4. The van der Waals surface area contributed by atoms with Gasteiger partial charge in [0.25, 0.3) is 0 Å². The third kappa shape index (κ3) is 7.68. The van der Waals surface area contributed by atoms with Crippen LogP contribution < -0.4 is 45.5 Å². The number of oxime groups is 1. The number of thioether (sulfide) groups is 1. The summed E-state index contributed by atoms with van der Waals surface area (Å²) in [6, 6.07) is 2.42. The van der Waals surface area contributed by atoms with E-state index in [1.807, 2.05) is 0 Å². The summed E-state index contributed by atoms with van der Waals surface area (Å²) < 4.78 is 14.8. The van der Waals surface area contributed by atoms with Crippen LogP contribution in [0.4, 0.5) is 9.52 Å². The fraction of sp³-hybridized carbons (Fsp3) is 0.500. The molecule has 0 radical (unpaired) electrons. The number of carboxylic acid groups (broad SMARTS) is 1. The number of nitrogens with two attached hydrogens (primary N) is 1. The molecule has 56 heavy (non-hydrogen) atoms. The van der Waals surface area contributed by atoms with Crippen LogP contribution in [0.15, 0.2) is 22.9 Å². The maximum Gasteiger partial charge on any atom is 1.00 e. The smallest absolute Gasteiger partial charge is 0.546 e. The first-order chi connectivity index (χ1) is 26.0. The van der Waals surface area contributed by atoms with Gasteiger partial charge in [0.1, 0.15) is 16.6 Å². The van der Waals surface area contributed by atoms with Crippen molar-refractivity contribution in [2.45, 2.75) is 75.4 Å². The zero-order valence-corrected chi connectivity index (χ0v) is 35.2. The molecule has 6 heterocycles. The average Bonchev–Trinajstić information content (AvgIpc) is 3.80. The van der Waals surface area contributed by atoms with Gasteiger partial charge in [-0.05, 0) is 31.9 Å². The summed E-state index contributed by atoms with van der Waals surface area (Å²) in [5.74, 6) is -5.60. The Morgan fingerprint density at radius 2 is 1.91 bits per heavy atom. The van der Waals surface area contributed by atoms with Crippen molar-refractivity contribution in [3.63, 3.8) is 0 Å². The molecule has 292 valence electrons. The normalized spacial score (nSPS) is 26.0. The summed E-state index contributed by atoms with van der Waals surface area (Å²) in [4.78, 5) is 63.3. The molecule has 6 atom stereocenters. The van der Waals surface area contributed by atoms with Crippen molar-refractivity contribution in [1.29, 1.82) is 0 Å². The Balaban J connectivity index is 0.00000532. The minimum Gasteiger partial charge on any atom is -0.546 e. The fourth-order valence-corrected chi connectivity index (χ4v) is 10.5. The summed E-state index contributed by atoms with van der Waals surface area (Å²) in [7, 11) is 2.18. The van der Waals surface area contributed by atoms with Crippen molar-refractivity contribution < 1.29 is 77.8 Å². The number of thiazole rings is 1. The predicted molar refractivity (Wildman–Crippen MR) is 194 cm³/mol. The summed E-state index contributed by atoms with van der Waals surface area (Å²) in [6.07, 6.45) is 3.22. The molecular weight excluding hydrogens is 804 g/mol. The molecule has 1 amide bonds. The molecule has 3 aromatic rings. The van der Waals surface area contributed by atoms with Crippen LogP contribution in [0, 0.1) is 17.7 Å². The summed E-state index contributed by atoms with van der Waals surface area (Å²) in [6.45, 7) is 2.96. The molecule has 0 aliphatic carbocycles. The Morgan fingerprint density at radius 1 is 1.21 bits per heavy atom. The number of phenolic OH excluding ortho intramolecular Hbond substituents is 2. The number of Topliss-reactive ketones (excluding diaryl/α,β-unsaturated/α-hetero) is 2. The largest absolute Gasteiger partial charge is 1.00 e. The van der Waals surface area contributed by atoms with E-state index in [1.54, 1.807) is 4.90 Å². The number of aliphatic carboxylic acids is 1. The van der Waals surface area contributed by atoms with E-state index in [9.17, 15) is 38.9 Å². The first-order valence-corrected chi connectivity index (χ1v) is 19.6. The molecule has 3 saturated heterocycles. The molecule has 0 saturated carbocycles. The number of aromatic nitrogens is 5.